The first-order chi connectivity index (χ1) is 8.95. The highest BCUT2D eigenvalue weighted by molar-refractivity contribution is 5.78. The smallest absolute Gasteiger partial charge is 0.305 e. The molecule has 1 amide bonds. The van der Waals surface area contributed by atoms with Crippen molar-refractivity contribution in [3.8, 4) is 0 Å². The molecule has 5 nitrogen and oxygen atoms in total. The molecule has 0 atom stereocenters. The molecule has 0 aromatic carbocycles. The Hall–Kier alpha value is -1.10. The first-order valence-electron chi connectivity index (χ1n) is 7.09. The van der Waals surface area contributed by atoms with E-state index in [1.54, 1.807) is 0 Å². The second-order valence-corrected chi connectivity index (χ2v) is 5.08. The van der Waals surface area contributed by atoms with E-state index >= 15 is 0 Å². The Morgan fingerprint density at radius 2 is 1.89 bits per heavy atom. The number of hydrogen-bond acceptors (Lipinski definition) is 4. The SMILES string of the molecule is CCOC(=O)CCCCCN(C)CC(=O)NC(C)C. The standard InChI is InChI=1S/C14H28N2O3/c1-5-19-14(18)9-7-6-8-10-16(4)11-13(17)15-12(2)3/h12H,5-11H2,1-4H3,(H,15,17). The van der Waals surface area contributed by atoms with E-state index in [0.29, 0.717) is 19.6 Å². The van der Waals surface area contributed by atoms with Gasteiger partial charge < -0.3 is 10.1 Å². The summed E-state index contributed by atoms with van der Waals surface area (Å²) < 4.78 is 4.86. The highest BCUT2D eigenvalue weighted by Gasteiger charge is 2.07. The lowest BCUT2D eigenvalue weighted by atomic mass is 10.2. The van der Waals surface area contributed by atoms with Crippen LogP contribution in [-0.4, -0.2) is 49.6 Å². The van der Waals surface area contributed by atoms with Crippen LogP contribution >= 0.6 is 0 Å². The number of amides is 1. The average molecular weight is 272 g/mol. The summed E-state index contributed by atoms with van der Waals surface area (Å²) in [4.78, 5) is 24.6. The summed E-state index contributed by atoms with van der Waals surface area (Å²) in [6.45, 7) is 7.46. The van der Waals surface area contributed by atoms with Gasteiger partial charge in [0.1, 0.15) is 0 Å². The molecule has 0 radical (unpaired) electrons. The lowest BCUT2D eigenvalue weighted by Crippen LogP contribution is -2.38. The monoisotopic (exact) mass is 272 g/mol. The van der Waals surface area contributed by atoms with Crippen LogP contribution in [0.2, 0.25) is 0 Å². The number of rotatable bonds is 10. The van der Waals surface area contributed by atoms with Gasteiger partial charge in [-0.1, -0.05) is 6.42 Å². The first-order valence-corrected chi connectivity index (χ1v) is 7.09. The summed E-state index contributed by atoms with van der Waals surface area (Å²) in [6.07, 6.45) is 3.32. The van der Waals surface area contributed by atoms with Crippen molar-refractivity contribution in [2.75, 3.05) is 26.7 Å². The topological polar surface area (TPSA) is 58.6 Å². The number of hydrogen-bond donors (Lipinski definition) is 1. The molecule has 1 N–H and O–H groups in total. The second-order valence-electron chi connectivity index (χ2n) is 5.08. The third kappa shape index (κ3) is 11.7. The van der Waals surface area contributed by atoms with Gasteiger partial charge in [0, 0.05) is 12.5 Å². The van der Waals surface area contributed by atoms with Crippen molar-refractivity contribution in [3.63, 3.8) is 0 Å². The molecule has 0 unspecified atom stereocenters. The molecule has 5 heteroatoms. The molecule has 0 heterocycles. The fraction of sp³-hybridized carbons (Fsp3) is 0.857. The summed E-state index contributed by atoms with van der Waals surface area (Å²) in [7, 11) is 1.94. The zero-order chi connectivity index (χ0) is 14.7. The average Bonchev–Trinajstić information content (AvgIpc) is 2.27. The van der Waals surface area contributed by atoms with E-state index in [9.17, 15) is 9.59 Å². The van der Waals surface area contributed by atoms with E-state index in [1.165, 1.54) is 0 Å². The molecule has 0 saturated carbocycles. The molecule has 0 aliphatic heterocycles. The highest BCUT2D eigenvalue weighted by Crippen LogP contribution is 2.02. The van der Waals surface area contributed by atoms with Crippen molar-refractivity contribution >= 4 is 11.9 Å². The van der Waals surface area contributed by atoms with Gasteiger partial charge in [0.25, 0.3) is 0 Å². The van der Waals surface area contributed by atoms with Crippen LogP contribution in [-0.2, 0) is 14.3 Å². The van der Waals surface area contributed by atoms with Gasteiger partial charge in [-0.3, -0.25) is 14.5 Å². The van der Waals surface area contributed by atoms with Gasteiger partial charge in [-0.25, -0.2) is 0 Å². The summed E-state index contributed by atoms with van der Waals surface area (Å²) in [5.41, 5.74) is 0. The number of nitrogens with one attached hydrogen (secondary N) is 1. The number of ether oxygens (including phenoxy) is 1. The third-order valence-corrected chi connectivity index (χ3v) is 2.59. The third-order valence-electron chi connectivity index (χ3n) is 2.59. The van der Waals surface area contributed by atoms with Crippen LogP contribution in [0, 0.1) is 0 Å². The summed E-state index contributed by atoms with van der Waals surface area (Å²) in [5, 5.41) is 2.86. The number of esters is 1. The molecular weight excluding hydrogens is 244 g/mol. The van der Waals surface area contributed by atoms with Crippen molar-refractivity contribution in [2.24, 2.45) is 0 Å². The zero-order valence-electron chi connectivity index (χ0n) is 12.7. The van der Waals surface area contributed by atoms with Crippen molar-refractivity contribution in [1.82, 2.24) is 10.2 Å². The van der Waals surface area contributed by atoms with Crippen molar-refractivity contribution in [2.45, 2.75) is 52.5 Å². The van der Waals surface area contributed by atoms with Gasteiger partial charge in [0.15, 0.2) is 0 Å². The van der Waals surface area contributed by atoms with Gasteiger partial charge in [-0.15, -0.1) is 0 Å². The fourth-order valence-electron chi connectivity index (χ4n) is 1.75. The second kappa shape index (κ2) is 10.8. The number of carbonyl (C=O) groups is 2. The maximum Gasteiger partial charge on any atom is 0.305 e. The Morgan fingerprint density at radius 3 is 2.47 bits per heavy atom. The number of likely N-dealkylation sites (N-methyl/N-ethyl adjacent to an activating group) is 1. The van der Waals surface area contributed by atoms with Crippen molar-refractivity contribution < 1.29 is 14.3 Å². The Balaban J connectivity index is 3.50. The van der Waals surface area contributed by atoms with E-state index in [1.807, 2.05) is 32.7 Å². The minimum Gasteiger partial charge on any atom is -0.466 e. The Bertz CT molecular complexity index is 267. The van der Waals surface area contributed by atoms with Crippen LogP contribution in [0.25, 0.3) is 0 Å². The summed E-state index contributed by atoms with van der Waals surface area (Å²) in [6, 6.07) is 0.186. The van der Waals surface area contributed by atoms with Crippen molar-refractivity contribution in [3.05, 3.63) is 0 Å². The van der Waals surface area contributed by atoms with Gasteiger partial charge in [0.2, 0.25) is 5.91 Å². The number of carbonyl (C=O) groups excluding carboxylic acids is 2. The molecule has 0 aliphatic rings. The van der Waals surface area contributed by atoms with Crippen LogP contribution in [0.3, 0.4) is 0 Å². The van der Waals surface area contributed by atoms with Crippen LogP contribution in [0.5, 0.6) is 0 Å². The van der Waals surface area contributed by atoms with E-state index < -0.39 is 0 Å². The Morgan fingerprint density at radius 1 is 1.21 bits per heavy atom. The molecule has 19 heavy (non-hydrogen) atoms. The normalized spacial score (nSPS) is 10.8. The number of nitrogens with zero attached hydrogens (tertiary/aromatic N) is 1. The Labute approximate surface area is 116 Å². The lowest BCUT2D eigenvalue weighted by molar-refractivity contribution is -0.143. The summed E-state index contributed by atoms with van der Waals surface area (Å²) in [5.74, 6) is -0.0591. The van der Waals surface area contributed by atoms with Crippen LogP contribution in [0.4, 0.5) is 0 Å². The predicted molar refractivity (Wildman–Crippen MR) is 75.9 cm³/mol. The Kier molecular flexibility index (Phi) is 10.2. The van der Waals surface area contributed by atoms with E-state index in [2.05, 4.69) is 5.32 Å². The van der Waals surface area contributed by atoms with Gasteiger partial charge in [0.05, 0.1) is 13.2 Å². The van der Waals surface area contributed by atoms with E-state index in [-0.39, 0.29) is 17.9 Å². The highest BCUT2D eigenvalue weighted by atomic mass is 16.5. The molecule has 0 rings (SSSR count). The molecule has 112 valence electrons. The quantitative estimate of drug-likeness (QED) is 0.484. The van der Waals surface area contributed by atoms with Crippen molar-refractivity contribution in [1.29, 1.82) is 0 Å². The molecule has 0 aliphatic carbocycles. The minimum atomic E-state index is -0.118. The zero-order valence-corrected chi connectivity index (χ0v) is 12.7. The van der Waals surface area contributed by atoms with Crippen LogP contribution in [0.1, 0.15) is 46.5 Å². The van der Waals surface area contributed by atoms with Gasteiger partial charge in [-0.05, 0) is 47.2 Å². The van der Waals surface area contributed by atoms with E-state index in [0.717, 1.165) is 25.8 Å². The fourth-order valence-corrected chi connectivity index (χ4v) is 1.75. The minimum absolute atomic E-state index is 0.0593. The molecule has 0 aromatic rings. The first kappa shape index (κ1) is 17.9. The van der Waals surface area contributed by atoms with Gasteiger partial charge in [-0.2, -0.15) is 0 Å². The van der Waals surface area contributed by atoms with Crippen LogP contribution < -0.4 is 5.32 Å². The van der Waals surface area contributed by atoms with Gasteiger partial charge >= 0.3 is 5.97 Å². The molecule has 0 spiro atoms. The molecule has 0 fully saturated rings. The lowest BCUT2D eigenvalue weighted by Gasteiger charge is -2.17. The molecule has 0 aromatic heterocycles. The molecule has 0 bridgehead atoms. The summed E-state index contributed by atoms with van der Waals surface area (Å²) >= 11 is 0. The maximum absolute atomic E-state index is 11.5. The predicted octanol–water partition coefficient (Wildman–Crippen LogP) is 1.57. The molecule has 0 saturated heterocycles. The maximum atomic E-state index is 11.5. The molecular formula is C14H28N2O3. The van der Waals surface area contributed by atoms with Crippen LogP contribution in [0.15, 0.2) is 0 Å². The number of unbranched alkanes of at least 4 members (excludes halogenated alkanes) is 2. The largest absolute Gasteiger partial charge is 0.466 e. The van der Waals surface area contributed by atoms with E-state index in [4.69, 9.17) is 4.74 Å².